The van der Waals surface area contributed by atoms with Crippen LogP contribution in [0, 0.1) is 0 Å². The van der Waals surface area contributed by atoms with E-state index >= 15 is 0 Å². The molecule has 0 saturated carbocycles. The lowest BCUT2D eigenvalue weighted by Gasteiger charge is -1.87. The fourth-order valence-electron chi connectivity index (χ4n) is 0.608. The van der Waals surface area contributed by atoms with Gasteiger partial charge in [-0.1, -0.05) is 18.2 Å². The fraction of sp³-hybridized carbons (Fsp3) is 0.143. The molecule has 1 rings (SSSR count). The van der Waals surface area contributed by atoms with Gasteiger partial charge in [-0.15, -0.1) is 0 Å². The Balaban J connectivity index is 2.85. The summed E-state index contributed by atoms with van der Waals surface area (Å²) < 4.78 is 0. The average molecular weight is 160 g/mol. The molecule has 2 heteroatoms. The minimum Gasteiger partial charge on any atom is -0.0619 e. The minimum atomic E-state index is -0.107. The molecule has 1 aromatic rings. The minimum absolute atomic E-state index is 0.107. The first kappa shape index (κ1) is 6.97. The van der Waals surface area contributed by atoms with Gasteiger partial charge in [0.25, 0.3) is 0 Å². The quantitative estimate of drug-likeness (QED) is 0.553. The molecular weight excluding hydrogens is 152 g/mol. The molecule has 0 nitrogen and oxygen atoms in total. The molecule has 0 radical (unpaired) electrons. The topological polar surface area (TPSA) is 0 Å². The van der Waals surface area contributed by atoms with Crippen molar-refractivity contribution < 1.29 is 0 Å². The molecule has 0 bridgehead atoms. The van der Waals surface area contributed by atoms with Gasteiger partial charge in [-0.05, 0) is 12.1 Å². The highest BCUT2D eigenvalue weighted by molar-refractivity contribution is 8.17. The SMILES string of the molecule is C[S+](Cl)c1ccccc1. The summed E-state index contributed by atoms with van der Waals surface area (Å²) in [5.41, 5.74) is 0. The van der Waals surface area contributed by atoms with Crippen molar-refractivity contribution in [3.05, 3.63) is 30.3 Å². The monoisotopic (exact) mass is 159 g/mol. The van der Waals surface area contributed by atoms with Crippen molar-refractivity contribution in [1.82, 2.24) is 0 Å². The second-order valence-electron chi connectivity index (χ2n) is 1.75. The first-order chi connectivity index (χ1) is 4.30. The highest BCUT2D eigenvalue weighted by atomic mass is 35.7. The van der Waals surface area contributed by atoms with Crippen LogP contribution >= 0.6 is 10.7 Å². The van der Waals surface area contributed by atoms with Gasteiger partial charge in [-0.2, -0.15) is 0 Å². The Kier molecular flexibility index (Phi) is 2.43. The zero-order valence-corrected chi connectivity index (χ0v) is 6.75. The van der Waals surface area contributed by atoms with Crippen LogP contribution in [0.2, 0.25) is 0 Å². The molecule has 0 aliphatic carbocycles. The van der Waals surface area contributed by atoms with Gasteiger partial charge in [0.05, 0.1) is 0 Å². The summed E-state index contributed by atoms with van der Waals surface area (Å²) in [5, 5.41) is 0. The normalized spacial score (nSPS) is 13.1. The van der Waals surface area contributed by atoms with Crippen molar-refractivity contribution >= 4 is 20.8 Å². The molecular formula is C7H8ClS+. The van der Waals surface area contributed by atoms with Crippen molar-refractivity contribution in [3.63, 3.8) is 0 Å². The zero-order chi connectivity index (χ0) is 6.69. The van der Waals surface area contributed by atoms with Crippen LogP contribution in [0.5, 0.6) is 0 Å². The van der Waals surface area contributed by atoms with E-state index in [0.717, 1.165) is 0 Å². The van der Waals surface area contributed by atoms with Crippen molar-refractivity contribution in [2.45, 2.75) is 4.90 Å². The molecule has 0 aliphatic rings. The van der Waals surface area contributed by atoms with Crippen LogP contribution in [0.4, 0.5) is 0 Å². The number of halogens is 1. The Morgan fingerprint density at radius 3 is 2.11 bits per heavy atom. The Hall–Kier alpha value is -0.140. The van der Waals surface area contributed by atoms with Gasteiger partial charge < -0.3 is 0 Å². The van der Waals surface area contributed by atoms with Crippen LogP contribution in [0.25, 0.3) is 0 Å². The molecule has 0 heterocycles. The first-order valence-corrected chi connectivity index (χ1v) is 5.14. The van der Waals surface area contributed by atoms with Crippen molar-refractivity contribution in [2.24, 2.45) is 0 Å². The molecule has 1 aromatic carbocycles. The summed E-state index contributed by atoms with van der Waals surface area (Å²) in [6, 6.07) is 10.1. The molecule has 0 amide bonds. The molecule has 48 valence electrons. The van der Waals surface area contributed by atoms with Gasteiger partial charge >= 0.3 is 0 Å². The maximum absolute atomic E-state index is 5.83. The van der Waals surface area contributed by atoms with Crippen LogP contribution in [0.15, 0.2) is 35.2 Å². The van der Waals surface area contributed by atoms with E-state index in [0.29, 0.717) is 0 Å². The number of hydrogen-bond acceptors (Lipinski definition) is 0. The Bertz CT molecular complexity index is 172. The van der Waals surface area contributed by atoms with Crippen LogP contribution in [0.1, 0.15) is 0 Å². The van der Waals surface area contributed by atoms with Gasteiger partial charge in [-0.25, -0.2) is 0 Å². The lowest BCUT2D eigenvalue weighted by molar-refractivity contribution is 1.46. The van der Waals surface area contributed by atoms with E-state index in [1.165, 1.54) is 4.90 Å². The second kappa shape index (κ2) is 3.14. The van der Waals surface area contributed by atoms with E-state index < -0.39 is 0 Å². The van der Waals surface area contributed by atoms with Gasteiger partial charge in [0.2, 0.25) is 0 Å². The van der Waals surface area contributed by atoms with Gasteiger partial charge in [0.15, 0.2) is 15.6 Å². The summed E-state index contributed by atoms with van der Waals surface area (Å²) in [6.07, 6.45) is 2.00. The summed E-state index contributed by atoms with van der Waals surface area (Å²) in [7, 11) is 5.72. The fourth-order valence-corrected chi connectivity index (χ4v) is 1.45. The molecule has 1 unspecified atom stereocenters. The lowest BCUT2D eigenvalue weighted by Crippen LogP contribution is -1.85. The molecule has 0 N–H and O–H groups in total. The lowest BCUT2D eigenvalue weighted by atomic mass is 10.4. The number of benzene rings is 1. The number of hydrogen-bond donors (Lipinski definition) is 0. The van der Waals surface area contributed by atoms with Gasteiger partial charge in [0, 0.05) is 0 Å². The Morgan fingerprint density at radius 2 is 1.78 bits per heavy atom. The Morgan fingerprint density at radius 1 is 1.22 bits per heavy atom. The summed E-state index contributed by atoms with van der Waals surface area (Å²) >= 11 is 0. The zero-order valence-electron chi connectivity index (χ0n) is 5.17. The summed E-state index contributed by atoms with van der Waals surface area (Å²) in [6.45, 7) is 0. The highest BCUT2D eigenvalue weighted by Crippen LogP contribution is 2.12. The molecule has 0 aromatic heterocycles. The largest absolute Gasteiger partial charge is 0.182 e. The van der Waals surface area contributed by atoms with Crippen LogP contribution in [0.3, 0.4) is 0 Å². The summed E-state index contributed by atoms with van der Waals surface area (Å²) in [5.74, 6) is 0. The van der Waals surface area contributed by atoms with E-state index in [2.05, 4.69) is 0 Å². The average Bonchev–Trinajstić information content (AvgIpc) is 1.90. The van der Waals surface area contributed by atoms with Gasteiger partial charge in [0.1, 0.15) is 16.4 Å². The van der Waals surface area contributed by atoms with E-state index in [9.17, 15) is 0 Å². The van der Waals surface area contributed by atoms with Crippen molar-refractivity contribution in [2.75, 3.05) is 6.26 Å². The van der Waals surface area contributed by atoms with E-state index in [1.54, 1.807) is 0 Å². The van der Waals surface area contributed by atoms with Crippen molar-refractivity contribution in [1.29, 1.82) is 0 Å². The molecule has 0 saturated heterocycles. The van der Waals surface area contributed by atoms with Crippen molar-refractivity contribution in [3.8, 4) is 0 Å². The Labute approximate surface area is 62.7 Å². The van der Waals surface area contributed by atoms with Crippen LogP contribution in [-0.2, 0) is 10.1 Å². The van der Waals surface area contributed by atoms with Gasteiger partial charge in [-0.3, -0.25) is 0 Å². The smallest absolute Gasteiger partial charge is 0.0619 e. The standard InChI is InChI=1S/C7H8ClS/c1-9(8)7-5-3-2-4-6-7/h2-6H,1H3/q+1. The van der Waals surface area contributed by atoms with E-state index in [4.69, 9.17) is 10.7 Å². The van der Waals surface area contributed by atoms with E-state index in [1.807, 2.05) is 36.6 Å². The summed E-state index contributed by atoms with van der Waals surface area (Å²) in [4.78, 5) is 1.21. The molecule has 0 spiro atoms. The molecule has 0 fully saturated rings. The van der Waals surface area contributed by atoms with Crippen LogP contribution in [-0.4, -0.2) is 6.26 Å². The third-order valence-electron chi connectivity index (χ3n) is 1.07. The van der Waals surface area contributed by atoms with E-state index in [-0.39, 0.29) is 10.1 Å². The predicted molar refractivity (Wildman–Crippen MR) is 43.9 cm³/mol. The molecule has 9 heavy (non-hydrogen) atoms. The first-order valence-electron chi connectivity index (χ1n) is 2.68. The maximum Gasteiger partial charge on any atom is 0.182 e. The number of rotatable bonds is 1. The molecule has 1 atom stereocenters. The maximum atomic E-state index is 5.83. The second-order valence-corrected chi connectivity index (χ2v) is 4.48. The molecule has 0 aliphatic heterocycles. The predicted octanol–water partition coefficient (Wildman–Crippen LogP) is 2.45. The van der Waals surface area contributed by atoms with Crippen LogP contribution < -0.4 is 0 Å². The highest BCUT2D eigenvalue weighted by Gasteiger charge is 2.09. The third-order valence-corrected chi connectivity index (χ3v) is 2.52. The third kappa shape index (κ3) is 1.92.